The van der Waals surface area contributed by atoms with Crippen LogP contribution in [-0.4, -0.2) is 12.7 Å². The van der Waals surface area contributed by atoms with Gasteiger partial charge >= 0.3 is 0 Å². The summed E-state index contributed by atoms with van der Waals surface area (Å²) in [7, 11) is 0. The quantitative estimate of drug-likeness (QED) is 0.881. The van der Waals surface area contributed by atoms with Crippen LogP contribution >= 0.6 is 0 Å². The molecule has 3 rings (SSSR count). The average Bonchev–Trinajstić information content (AvgIpc) is 2.94. The molecule has 21 heavy (non-hydrogen) atoms. The van der Waals surface area contributed by atoms with Crippen molar-refractivity contribution >= 4 is 17.7 Å². The number of ether oxygens (including phenoxy) is 2. The molecule has 1 aliphatic heterocycles. The number of nitrogens with one attached hydrogen (secondary N) is 1. The van der Waals surface area contributed by atoms with Crippen molar-refractivity contribution in [2.24, 2.45) is 0 Å². The number of rotatable bonds is 3. The van der Waals surface area contributed by atoms with E-state index in [1.54, 1.807) is 36.4 Å². The first kappa shape index (κ1) is 13.2. The van der Waals surface area contributed by atoms with E-state index in [0.29, 0.717) is 17.2 Å². The molecule has 106 valence electrons. The summed E-state index contributed by atoms with van der Waals surface area (Å²) < 4.78 is 23.2. The number of hydrogen-bond acceptors (Lipinski definition) is 3. The molecule has 1 amide bonds. The zero-order valence-electron chi connectivity index (χ0n) is 11.0. The maximum Gasteiger partial charge on any atom is 0.248 e. The highest BCUT2D eigenvalue weighted by molar-refractivity contribution is 6.02. The molecule has 0 atom stereocenters. The van der Waals surface area contributed by atoms with Crippen LogP contribution in [0, 0.1) is 5.82 Å². The van der Waals surface area contributed by atoms with Crippen LogP contribution in [0.3, 0.4) is 0 Å². The predicted octanol–water partition coefficient (Wildman–Crippen LogP) is 3.21. The molecule has 0 saturated heterocycles. The molecule has 0 spiro atoms. The van der Waals surface area contributed by atoms with E-state index in [-0.39, 0.29) is 18.5 Å². The Hall–Kier alpha value is -2.82. The molecule has 1 heterocycles. The van der Waals surface area contributed by atoms with Gasteiger partial charge in [-0.25, -0.2) is 4.39 Å². The van der Waals surface area contributed by atoms with Crippen molar-refractivity contribution in [3.8, 4) is 11.5 Å². The Kier molecular flexibility index (Phi) is 3.55. The number of amides is 1. The molecule has 1 aliphatic rings. The Labute approximate surface area is 120 Å². The number of anilines is 1. The second kappa shape index (κ2) is 5.66. The van der Waals surface area contributed by atoms with Crippen molar-refractivity contribution in [3.05, 3.63) is 59.9 Å². The minimum atomic E-state index is -0.308. The Morgan fingerprint density at radius 1 is 1.10 bits per heavy atom. The van der Waals surface area contributed by atoms with Crippen LogP contribution in [0.25, 0.3) is 6.08 Å². The normalized spacial score (nSPS) is 12.6. The molecule has 0 radical (unpaired) electrons. The van der Waals surface area contributed by atoms with Crippen molar-refractivity contribution in [3.63, 3.8) is 0 Å². The van der Waals surface area contributed by atoms with Crippen LogP contribution in [0.4, 0.5) is 10.1 Å². The van der Waals surface area contributed by atoms with Gasteiger partial charge in [0.15, 0.2) is 11.5 Å². The third-order valence-electron chi connectivity index (χ3n) is 2.94. The highest BCUT2D eigenvalue weighted by Gasteiger charge is 2.13. The van der Waals surface area contributed by atoms with Gasteiger partial charge in [0.25, 0.3) is 0 Å². The van der Waals surface area contributed by atoms with E-state index in [9.17, 15) is 9.18 Å². The summed E-state index contributed by atoms with van der Waals surface area (Å²) in [6, 6.07) is 11.1. The Morgan fingerprint density at radius 2 is 1.86 bits per heavy atom. The molecule has 4 nitrogen and oxygen atoms in total. The molecule has 1 N–H and O–H groups in total. The summed E-state index contributed by atoms with van der Waals surface area (Å²) in [5, 5.41) is 2.72. The average molecular weight is 285 g/mol. The zero-order valence-corrected chi connectivity index (χ0v) is 11.0. The Morgan fingerprint density at radius 3 is 2.67 bits per heavy atom. The Balaban J connectivity index is 1.65. The van der Waals surface area contributed by atoms with E-state index in [2.05, 4.69) is 5.32 Å². The van der Waals surface area contributed by atoms with Crippen LogP contribution in [0.5, 0.6) is 11.5 Å². The summed E-state index contributed by atoms with van der Waals surface area (Å²) in [5.74, 6) is 0.681. The molecule has 2 aromatic rings. The summed E-state index contributed by atoms with van der Waals surface area (Å²) >= 11 is 0. The van der Waals surface area contributed by atoms with Gasteiger partial charge in [0.1, 0.15) is 5.82 Å². The highest BCUT2D eigenvalue weighted by atomic mass is 19.1. The summed E-state index contributed by atoms with van der Waals surface area (Å²) in [4.78, 5) is 11.8. The van der Waals surface area contributed by atoms with Gasteiger partial charge in [-0.15, -0.1) is 0 Å². The number of carbonyl (C=O) groups excluding carboxylic acids is 1. The Bertz CT molecular complexity index is 695. The first-order valence-corrected chi connectivity index (χ1v) is 6.35. The number of carbonyl (C=O) groups is 1. The second-order valence-electron chi connectivity index (χ2n) is 4.44. The fourth-order valence-electron chi connectivity index (χ4n) is 1.90. The third-order valence-corrected chi connectivity index (χ3v) is 2.94. The van der Waals surface area contributed by atoms with Crippen molar-refractivity contribution in [1.82, 2.24) is 0 Å². The standard InChI is InChI=1S/C16H12FNO3/c17-12-4-1-11(2-5-12)3-8-16(19)18-13-6-7-14-15(9-13)21-10-20-14/h1-9H,10H2,(H,18,19). The van der Waals surface area contributed by atoms with Gasteiger partial charge in [-0.3, -0.25) is 4.79 Å². The fourth-order valence-corrected chi connectivity index (χ4v) is 1.90. The van der Waals surface area contributed by atoms with Crippen LogP contribution in [-0.2, 0) is 4.79 Å². The van der Waals surface area contributed by atoms with E-state index in [4.69, 9.17) is 9.47 Å². The summed E-state index contributed by atoms with van der Waals surface area (Å²) in [6.45, 7) is 0.192. The molecule has 0 fully saturated rings. The van der Waals surface area contributed by atoms with E-state index < -0.39 is 0 Å². The lowest BCUT2D eigenvalue weighted by molar-refractivity contribution is -0.111. The molecule has 0 bridgehead atoms. The lowest BCUT2D eigenvalue weighted by atomic mass is 10.2. The molecule has 0 saturated carbocycles. The van der Waals surface area contributed by atoms with Crippen molar-refractivity contribution in [2.45, 2.75) is 0 Å². The van der Waals surface area contributed by atoms with E-state index >= 15 is 0 Å². The van der Waals surface area contributed by atoms with Crippen molar-refractivity contribution in [2.75, 3.05) is 12.1 Å². The van der Waals surface area contributed by atoms with Gasteiger partial charge in [0.05, 0.1) is 0 Å². The van der Waals surface area contributed by atoms with Crippen molar-refractivity contribution in [1.29, 1.82) is 0 Å². The van der Waals surface area contributed by atoms with E-state index in [1.807, 2.05) is 0 Å². The van der Waals surface area contributed by atoms with Crippen LogP contribution in [0.15, 0.2) is 48.5 Å². The van der Waals surface area contributed by atoms with E-state index in [1.165, 1.54) is 18.2 Å². The second-order valence-corrected chi connectivity index (χ2v) is 4.44. The molecule has 0 aliphatic carbocycles. The molecule has 5 heteroatoms. The van der Waals surface area contributed by atoms with Gasteiger partial charge in [-0.2, -0.15) is 0 Å². The minimum Gasteiger partial charge on any atom is -0.454 e. The topological polar surface area (TPSA) is 47.6 Å². The number of benzene rings is 2. The van der Waals surface area contributed by atoms with Gasteiger partial charge in [-0.05, 0) is 35.9 Å². The molecule has 0 aromatic heterocycles. The van der Waals surface area contributed by atoms with Crippen molar-refractivity contribution < 1.29 is 18.7 Å². The maximum atomic E-state index is 12.8. The largest absolute Gasteiger partial charge is 0.454 e. The lowest BCUT2D eigenvalue weighted by Gasteiger charge is -2.03. The summed E-state index contributed by atoms with van der Waals surface area (Å²) in [5.41, 5.74) is 1.37. The number of halogens is 1. The van der Waals surface area contributed by atoms with Crippen LogP contribution < -0.4 is 14.8 Å². The summed E-state index contributed by atoms with van der Waals surface area (Å²) in [6.07, 6.45) is 3.00. The SMILES string of the molecule is O=C(C=Cc1ccc(F)cc1)Nc1ccc2c(c1)OCO2. The van der Waals surface area contributed by atoms with Gasteiger partial charge in [0, 0.05) is 17.8 Å². The van der Waals surface area contributed by atoms with Gasteiger partial charge in [0.2, 0.25) is 12.7 Å². The lowest BCUT2D eigenvalue weighted by Crippen LogP contribution is -2.07. The third kappa shape index (κ3) is 3.20. The van der Waals surface area contributed by atoms with Crippen LogP contribution in [0.1, 0.15) is 5.56 Å². The smallest absolute Gasteiger partial charge is 0.248 e. The maximum absolute atomic E-state index is 12.8. The van der Waals surface area contributed by atoms with Gasteiger partial charge < -0.3 is 14.8 Å². The van der Waals surface area contributed by atoms with Gasteiger partial charge in [-0.1, -0.05) is 12.1 Å². The fraction of sp³-hybridized carbons (Fsp3) is 0.0625. The van der Waals surface area contributed by atoms with Crippen LogP contribution in [0.2, 0.25) is 0 Å². The molecular formula is C16H12FNO3. The predicted molar refractivity (Wildman–Crippen MR) is 76.6 cm³/mol. The highest BCUT2D eigenvalue weighted by Crippen LogP contribution is 2.34. The minimum absolute atomic E-state index is 0.192. The monoisotopic (exact) mass is 285 g/mol. The molecule has 2 aromatic carbocycles. The molecular weight excluding hydrogens is 273 g/mol. The number of hydrogen-bond donors (Lipinski definition) is 1. The molecule has 0 unspecified atom stereocenters. The first-order chi connectivity index (χ1) is 10.2. The first-order valence-electron chi connectivity index (χ1n) is 6.35. The van der Waals surface area contributed by atoms with E-state index in [0.717, 1.165) is 5.56 Å². The zero-order chi connectivity index (χ0) is 14.7. The number of fused-ring (bicyclic) bond motifs is 1.